The van der Waals surface area contributed by atoms with Crippen LogP contribution in [0.5, 0.6) is 0 Å². The van der Waals surface area contributed by atoms with E-state index in [9.17, 15) is 18.5 Å². The predicted molar refractivity (Wildman–Crippen MR) is 71.0 cm³/mol. The van der Waals surface area contributed by atoms with E-state index in [0.717, 1.165) is 5.56 Å². The molecule has 0 aliphatic heterocycles. The topological polar surface area (TPSA) is 98.5 Å². The van der Waals surface area contributed by atoms with Crippen molar-refractivity contribution < 1.29 is 18.3 Å². The summed E-state index contributed by atoms with van der Waals surface area (Å²) in [7, 11) is -3.68. The van der Waals surface area contributed by atoms with Crippen molar-refractivity contribution in [3.8, 4) is 0 Å². The number of nitrogens with zero attached hydrogens (tertiary/aromatic N) is 1. The van der Waals surface area contributed by atoms with Crippen molar-refractivity contribution in [2.24, 2.45) is 0 Å². The highest BCUT2D eigenvalue weighted by molar-refractivity contribution is 7.89. The molecule has 1 aliphatic rings. The number of benzene rings is 1. The van der Waals surface area contributed by atoms with Crippen molar-refractivity contribution >= 4 is 10.0 Å². The maximum absolute atomic E-state index is 12.2. The Bertz CT molecular complexity index is 584. The van der Waals surface area contributed by atoms with Crippen LogP contribution in [0.2, 0.25) is 0 Å². The molecule has 20 heavy (non-hydrogen) atoms. The van der Waals surface area contributed by atoms with Gasteiger partial charge in [0.1, 0.15) is 6.10 Å². The maximum atomic E-state index is 12.2. The van der Waals surface area contributed by atoms with E-state index < -0.39 is 27.3 Å². The van der Waals surface area contributed by atoms with E-state index >= 15 is 0 Å². The molecule has 110 valence electrons. The lowest BCUT2D eigenvalue weighted by atomic mass is 10.2. The molecule has 1 aromatic carbocycles. The fourth-order valence-electron chi connectivity index (χ4n) is 2.28. The molecule has 1 aliphatic carbocycles. The molecule has 0 bridgehead atoms. The number of nitrogens with one attached hydrogen (secondary N) is 1. The van der Waals surface area contributed by atoms with Gasteiger partial charge in [-0.2, -0.15) is 0 Å². The lowest BCUT2D eigenvalue weighted by Gasteiger charge is -2.19. The highest BCUT2D eigenvalue weighted by Gasteiger charge is 2.33. The summed E-state index contributed by atoms with van der Waals surface area (Å²) in [5, 5.41) is 9.51. The lowest BCUT2D eigenvalue weighted by molar-refractivity contribution is -0.768. The Balaban J connectivity index is 2.11. The van der Waals surface area contributed by atoms with Crippen molar-refractivity contribution in [1.82, 2.24) is 4.72 Å². The Morgan fingerprint density at radius 1 is 1.30 bits per heavy atom. The van der Waals surface area contributed by atoms with Gasteiger partial charge in [0, 0.05) is 6.04 Å². The van der Waals surface area contributed by atoms with Gasteiger partial charge in [-0.05, 0) is 38.3 Å². The monoisotopic (exact) mass is 300 g/mol. The molecule has 8 heteroatoms. The van der Waals surface area contributed by atoms with Crippen LogP contribution in [0.1, 0.15) is 24.8 Å². The van der Waals surface area contributed by atoms with Gasteiger partial charge in [0.05, 0.1) is 4.90 Å². The Morgan fingerprint density at radius 2 is 1.95 bits per heavy atom. The second-order valence-electron chi connectivity index (χ2n) is 4.84. The highest BCUT2D eigenvalue weighted by Crippen LogP contribution is 2.24. The van der Waals surface area contributed by atoms with Gasteiger partial charge >= 0.3 is 0 Å². The number of hydrogen-bond donors (Lipinski definition) is 1. The van der Waals surface area contributed by atoms with E-state index in [-0.39, 0.29) is 4.90 Å². The minimum atomic E-state index is -3.68. The molecule has 0 radical (unpaired) electrons. The van der Waals surface area contributed by atoms with E-state index in [1.807, 2.05) is 6.92 Å². The minimum absolute atomic E-state index is 0.148. The molecule has 1 aromatic rings. The van der Waals surface area contributed by atoms with Crippen LogP contribution < -0.4 is 4.72 Å². The van der Waals surface area contributed by atoms with Crippen LogP contribution in [-0.4, -0.2) is 25.7 Å². The van der Waals surface area contributed by atoms with E-state index in [0.29, 0.717) is 19.3 Å². The van der Waals surface area contributed by atoms with Crippen LogP contribution in [0, 0.1) is 17.0 Å². The fourth-order valence-corrected chi connectivity index (χ4v) is 3.58. The first kappa shape index (κ1) is 14.7. The van der Waals surface area contributed by atoms with Crippen LogP contribution in [-0.2, 0) is 14.9 Å². The molecule has 0 heterocycles. The Morgan fingerprint density at radius 3 is 2.55 bits per heavy atom. The summed E-state index contributed by atoms with van der Waals surface area (Å²) in [6.45, 7) is 1.86. The van der Waals surface area contributed by atoms with Crippen LogP contribution in [0.15, 0.2) is 29.2 Å². The average Bonchev–Trinajstić information content (AvgIpc) is 2.75. The van der Waals surface area contributed by atoms with Crippen LogP contribution in [0.25, 0.3) is 0 Å². The van der Waals surface area contributed by atoms with Gasteiger partial charge in [-0.15, -0.1) is 10.1 Å². The summed E-state index contributed by atoms with van der Waals surface area (Å²) >= 11 is 0. The molecule has 0 aromatic heterocycles. The Labute approximate surface area is 117 Å². The van der Waals surface area contributed by atoms with E-state index in [2.05, 4.69) is 9.56 Å². The normalized spacial score (nSPS) is 22.6. The minimum Gasteiger partial charge on any atom is -0.309 e. The Kier molecular flexibility index (Phi) is 4.24. The van der Waals surface area contributed by atoms with Crippen molar-refractivity contribution in [2.75, 3.05) is 0 Å². The molecule has 1 N–H and O–H groups in total. The lowest BCUT2D eigenvalue weighted by Crippen LogP contribution is -2.41. The first-order valence-corrected chi connectivity index (χ1v) is 7.77. The first-order valence-electron chi connectivity index (χ1n) is 6.28. The summed E-state index contributed by atoms with van der Waals surface area (Å²) in [5.74, 6) is 0. The quantitative estimate of drug-likeness (QED) is 0.654. The van der Waals surface area contributed by atoms with Gasteiger partial charge < -0.3 is 4.84 Å². The predicted octanol–water partition coefficient (Wildman–Crippen LogP) is 1.40. The van der Waals surface area contributed by atoms with Crippen molar-refractivity contribution in [2.45, 2.75) is 43.2 Å². The van der Waals surface area contributed by atoms with Crippen molar-refractivity contribution in [3.05, 3.63) is 39.9 Å². The fraction of sp³-hybridized carbons (Fsp3) is 0.500. The van der Waals surface area contributed by atoms with E-state index in [1.165, 1.54) is 12.1 Å². The third-order valence-electron chi connectivity index (χ3n) is 3.31. The van der Waals surface area contributed by atoms with Gasteiger partial charge in [-0.1, -0.05) is 17.7 Å². The van der Waals surface area contributed by atoms with Crippen molar-refractivity contribution in [1.29, 1.82) is 0 Å². The smallest absolute Gasteiger partial charge is 0.294 e. The number of sulfonamides is 1. The van der Waals surface area contributed by atoms with Gasteiger partial charge in [-0.25, -0.2) is 13.1 Å². The van der Waals surface area contributed by atoms with E-state index in [1.54, 1.807) is 12.1 Å². The second kappa shape index (κ2) is 5.76. The molecular formula is C12H16N2O5S. The Hall–Kier alpha value is -1.67. The number of rotatable bonds is 5. The average molecular weight is 300 g/mol. The molecule has 2 atom stereocenters. The second-order valence-corrected chi connectivity index (χ2v) is 6.55. The summed E-state index contributed by atoms with van der Waals surface area (Å²) in [5.41, 5.74) is 0.958. The van der Waals surface area contributed by atoms with Gasteiger partial charge in [-0.3, -0.25) is 0 Å². The van der Waals surface area contributed by atoms with Gasteiger partial charge in [0.2, 0.25) is 10.0 Å². The molecule has 2 rings (SSSR count). The summed E-state index contributed by atoms with van der Waals surface area (Å²) in [4.78, 5) is 15.0. The number of aryl methyl sites for hydroxylation is 1. The third kappa shape index (κ3) is 3.45. The molecule has 7 nitrogen and oxygen atoms in total. The first-order chi connectivity index (χ1) is 9.38. The SMILES string of the molecule is Cc1ccc(S(=O)(=O)N[C@H]2CCC[C@@H]2O[N+](=O)[O-])cc1. The molecule has 0 spiro atoms. The zero-order valence-corrected chi connectivity index (χ0v) is 11.8. The van der Waals surface area contributed by atoms with Gasteiger partial charge in [0.15, 0.2) is 0 Å². The molecule has 0 saturated heterocycles. The molecule has 0 amide bonds. The zero-order valence-electron chi connectivity index (χ0n) is 11.0. The summed E-state index contributed by atoms with van der Waals surface area (Å²) in [6, 6.07) is 5.86. The highest BCUT2D eigenvalue weighted by atomic mass is 32.2. The van der Waals surface area contributed by atoms with Crippen LogP contribution >= 0.6 is 0 Å². The number of hydrogen-bond acceptors (Lipinski definition) is 5. The van der Waals surface area contributed by atoms with Crippen LogP contribution in [0.4, 0.5) is 0 Å². The molecule has 0 unspecified atom stereocenters. The zero-order chi connectivity index (χ0) is 14.8. The maximum Gasteiger partial charge on any atom is 0.294 e. The molecule has 1 fully saturated rings. The van der Waals surface area contributed by atoms with Crippen LogP contribution in [0.3, 0.4) is 0 Å². The standard InChI is InChI=1S/C12H16N2O5S/c1-9-5-7-10(8-6-9)20(17,18)13-11-3-2-4-12(11)19-14(15)16/h5-8,11-13H,2-4H2,1H3/t11-,12-/m0/s1. The summed E-state index contributed by atoms with van der Waals surface area (Å²) in [6.07, 6.45) is 0.982. The molecular weight excluding hydrogens is 284 g/mol. The summed E-state index contributed by atoms with van der Waals surface area (Å²) < 4.78 is 26.9. The molecule has 1 saturated carbocycles. The van der Waals surface area contributed by atoms with E-state index in [4.69, 9.17) is 0 Å². The van der Waals surface area contributed by atoms with Gasteiger partial charge in [0.25, 0.3) is 5.09 Å². The largest absolute Gasteiger partial charge is 0.309 e. The third-order valence-corrected chi connectivity index (χ3v) is 4.82. The van der Waals surface area contributed by atoms with Crippen molar-refractivity contribution in [3.63, 3.8) is 0 Å².